The molecule has 78 heavy (non-hydrogen) atoms. The number of ether oxygens (including phenoxy) is 6. The molecule has 410 valence electrons. The van der Waals surface area contributed by atoms with Crippen LogP contribution in [0.25, 0.3) is 0 Å². The summed E-state index contributed by atoms with van der Waals surface area (Å²) in [6, 6.07) is 24.0. The van der Waals surface area contributed by atoms with E-state index in [1.807, 2.05) is 48.5 Å². The first-order valence-electron chi connectivity index (χ1n) is 25.2. The molecule has 5 aromatic rings. The number of oxime groups is 1. The first-order valence-corrected chi connectivity index (χ1v) is 27.9. The van der Waals surface area contributed by atoms with Crippen molar-refractivity contribution < 1.29 is 65.9 Å². The van der Waals surface area contributed by atoms with Crippen LogP contribution in [-0.2, 0) is 59.4 Å². The lowest BCUT2D eigenvalue weighted by molar-refractivity contribution is -0.941. The molecule has 0 aliphatic carbocycles. The van der Waals surface area contributed by atoms with Gasteiger partial charge in [-0.05, 0) is 79.1 Å². The molecule has 0 saturated carbocycles. The second kappa shape index (κ2) is 24.1. The standard InChI is InChI=1S/C56H59ClN6O13S2/c1-34(64)27-76-61-47(44-31-77-35(2)59-44)52(66)60-48-53(67)62-49(55(68)75-30-38-10-16-42(72-5)17-11-38)39(32-78(69)54(48)62)26-63-23-20-56(21-24-63,22-25-63)33-58-51(65)43-18-19-45(73-28-36-6-12-40(70-3)13-7-36)50(46(43)57)74-29-37-8-14-41(71-4)15-9-37/h6-19,31,48,54H,20-30,32-33H2,1-5H3,(H-,58,60,65,66)/p+1/b61-47-/t48-,54+,56?,63?,78?/m0/s1. The Morgan fingerprint density at radius 3 is 1.96 bits per heavy atom. The minimum atomic E-state index is -1.76. The molecule has 2 bridgehead atoms. The summed E-state index contributed by atoms with van der Waals surface area (Å²) in [6.45, 7) is 5.73. The third-order valence-corrected chi connectivity index (χ3v) is 17.4. The van der Waals surface area contributed by atoms with Crippen molar-refractivity contribution in [2.24, 2.45) is 10.6 Å². The lowest BCUT2D eigenvalue weighted by Gasteiger charge is -2.56. The highest BCUT2D eigenvalue weighted by Gasteiger charge is 2.59. The molecular formula is C56H60ClN6O13S2+. The quantitative estimate of drug-likeness (QED) is 0.0237. The van der Waals surface area contributed by atoms with Gasteiger partial charge in [0.1, 0.15) is 66.4 Å². The molecule has 19 nitrogen and oxygen atoms in total. The summed E-state index contributed by atoms with van der Waals surface area (Å²) in [7, 11) is 2.99. The molecule has 4 fully saturated rings. The predicted octanol–water partition coefficient (Wildman–Crippen LogP) is 6.44. The third-order valence-electron chi connectivity index (χ3n) is 14.6. The number of methoxy groups -OCH3 is 3. The Hall–Kier alpha value is -7.33. The number of benzene rings is 4. The van der Waals surface area contributed by atoms with E-state index in [-0.39, 0.29) is 76.1 Å². The number of amides is 3. The van der Waals surface area contributed by atoms with E-state index < -0.39 is 46.6 Å². The maximum absolute atomic E-state index is 14.4. The highest BCUT2D eigenvalue weighted by Crippen LogP contribution is 2.46. The SMILES string of the molecule is COc1ccc(COC(=O)C2=C(C[N+]34CCC(CNC(=O)c5ccc(OCc6ccc(OC)cc6)c(OCc6ccc(OC)cc6)c5Cl)(CC3)CC4)CS(=O)[C@@H]3[C@@H](NC(=O)/C(=N\OCC(C)=O)c4csc(C)n4)C(=O)N23)cc1. The van der Waals surface area contributed by atoms with E-state index in [0.717, 1.165) is 36.1 Å². The van der Waals surface area contributed by atoms with Gasteiger partial charge in [0.15, 0.2) is 29.6 Å². The van der Waals surface area contributed by atoms with E-state index in [4.69, 9.17) is 44.9 Å². The second-order valence-corrected chi connectivity index (χ2v) is 22.7. The highest BCUT2D eigenvalue weighted by molar-refractivity contribution is 7.86. The number of Topliss-reactive ketones (excluding diaryl/α,β-unsaturated/α-hetero) is 1. The molecule has 1 aromatic heterocycles. The van der Waals surface area contributed by atoms with Crippen molar-refractivity contribution >= 4 is 68.9 Å². The zero-order chi connectivity index (χ0) is 55.1. The van der Waals surface area contributed by atoms with Crippen LogP contribution >= 0.6 is 22.9 Å². The number of hydrogen-bond donors (Lipinski definition) is 2. The molecule has 10 rings (SSSR count). The molecule has 3 amide bonds. The van der Waals surface area contributed by atoms with E-state index in [1.165, 1.54) is 23.2 Å². The lowest BCUT2D eigenvalue weighted by atomic mass is 9.70. The summed E-state index contributed by atoms with van der Waals surface area (Å²) >= 11 is 8.32. The van der Waals surface area contributed by atoms with Gasteiger partial charge >= 0.3 is 5.97 Å². The fourth-order valence-electron chi connectivity index (χ4n) is 10.1. The van der Waals surface area contributed by atoms with Gasteiger partial charge in [0, 0.05) is 42.2 Å². The van der Waals surface area contributed by atoms with Crippen molar-refractivity contribution in [2.45, 2.75) is 64.3 Å². The fraction of sp³-hybridized carbons (Fsp3) is 0.375. The number of nitrogens with one attached hydrogen (secondary N) is 2. The average Bonchev–Trinajstić information content (AvgIpc) is 4.03. The lowest BCUT2D eigenvalue weighted by Crippen LogP contribution is -2.74. The van der Waals surface area contributed by atoms with Crippen molar-refractivity contribution in [2.75, 3.05) is 66.4 Å². The summed E-state index contributed by atoms with van der Waals surface area (Å²) in [5.41, 5.74) is 2.88. The molecule has 5 aliphatic rings. The number of fused-ring (bicyclic) bond motifs is 4. The van der Waals surface area contributed by atoms with Gasteiger partial charge in [-0.3, -0.25) is 28.3 Å². The molecule has 0 radical (unpaired) electrons. The summed E-state index contributed by atoms with van der Waals surface area (Å²) < 4.78 is 49.2. The molecule has 22 heteroatoms. The van der Waals surface area contributed by atoms with Gasteiger partial charge in [-0.2, -0.15) is 0 Å². The van der Waals surface area contributed by atoms with Gasteiger partial charge in [0.05, 0.1) is 73.1 Å². The van der Waals surface area contributed by atoms with Gasteiger partial charge in [-0.15, -0.1) is 11.3 Å². The Labute approximate surface area is 462 Å². The molecule has 1 unspecified atom stereocenters. The van der Waals surface area contributed by atoms with Crippen molar-refractivity contribution in [3.8, 4) is 28.7 Å². The molecule has 2 N–H and O–H groups in total. The summed E-state index contributed by atoms with van der Waals surface area (Å²) in [5, 5.41) is 11.0. The van der Waals surface area contributed by atoms with Crippen LogP contribution in [0, 0.1) is 12.3 Å². The topological polar surface area (TPSA) is 220 Å². The maximum atomic E-state index is 14.4. The molecule has 6 heterocycles. The number of thiazole rings is 1. The Morgan fingerprint density at radius 1 is 0.833 bits per heavy atom. The van der Waals surface area contributed by atoms with Gasteiger partial charge in [0.2, 0.25) is 0 Å². The van der Waals surface area contributed by atoms with Crippen molar-refractivity contribution in [1.82, 2.24) is 20.5 Å². The zero-order valence-electron chi connectivity index (χ0n) is 43.8. The first-order chi connectivity index (χ1) is 37.6. The first kappa shape index (κ1) is 55.4. The molecule has 3 atom stereocenters. The average molecular weight is 1120 g/mol. The van der Waals surface area contributed by atoms with E-state index >= 15 is 0 Å². The Kier molecular flexibility index (Phi) is 17.2. The molecule has 4 aromatic carbocycles. The van der Waals surface area contributed by atoms with Crippen LogP contribution in [0.15, 0.2) is 107 Å². The number of piperidine rings is 3. The number of β-lactam (4-membered cyclic amide) rings is 1. The number of carbonyl (C=O) groups excluding carboxylic acids is 5. The molecular weight excluding hydrogens is 1060 g/mol. The summed E-state index contributed by atoms with van der Waals surface area (Å²) in [5.74, 6) is -0.308. The largest absolute Gasteiger partial charge is 0.497 e. The predicted molar refractivity (Wildman–Crippen MR) is 290 cm³/mol. The number of quaternary nitrogens is 1. The van der Waals surface area contributed by atoms with Crippen molar-refractivity contribution in [3.05, 3.63) is 140 Å². The highest BCUT2D eigenvalue weighted by atomic mass is 35.5. The Bertz CT molecular complexity index is 3140. The number of rotatable bonds is 23. The van der Waals surface area contributed by atoms with Crippen LogP contribution in [0.1, 0.15) is 63.9 Å². The van der Waals surface area contributed by atoms with Gasteiger partial charge in [-0.1, -0.05) is 53.2 Å². The van der Waals surface area contributed by atoms with E-state index in [1.54, 1.807) is 70.0 Å². The smallest absolute Gasteiger partial charge is 0.355 e. The molecule has 0 spiro atoms. The number of nitrogens with zero attached hydrogens (tertiary/aromatic N) is 4. The van der Waals surface area contributed by atoms with Crippen LogP contribution in [0.2, 0.25) is 5.02 Å². The van der Waals surface area contributed by atoms with E-state index in [0.29, 0.717) is 70.6 Å². The Morgan fingerprint density at radius 2 is 1.41 bits per heavy atom. The van der Waals surface area contributed by atoms with Crippen LogP contribution in [0.5, 0.6) is 28.7 Å². The number of hydrogen-bond acceptors (Lipinski definition) is 16. The minimum Gasteiger partial charge on any atom is -0.497 e. The number of aromatic nitrogens is 1. The summed E-state index contributed by atoms with van der Waals surface area (Å²) in [6.07, 6.45) is 2.25. The van der Waals surface area contributed by atoms with Gasteiger partial charge in [0.25, 0.3) is 17.7 Å². The number of carbonyl (C=O) groups is 5. The van der Waals surface area contributed by atoms with E-state index in [2.05, 4.69) is 20.8 Å². The number of halogens is 1. The van der Waals surface area contributed by atoms with Crippen LogP contribution in [-0.4, -0.2) is 132 Å². The molecule has 5 aliphatic heterocycles. The third kappa shape index (κ3) is 12.3. The van der Waals surface area contributed by atoms with Gasteiger partial charge in [-0.25, -0.2) is 9.78 Å². The van der Waals surface area contributed by atoms with Crippen LogP contribution < -0.4 is 34.3 Å². The van der Waals surface area contributed by atoms with Crippen LogP contribution in [0.3, 0.4) is 0 Å². The van der Waals surface area contributed by atoms with Crippen LogP contribution in [0.4, 0.5) is 0 Å². The van der Waals surface area contributed by atoms with Crippen molar-refractivity contribution in [3.63, 3.8) is 0 Å². The molecule has 4 saturated heterocycles. The van der Waals surface area contributed by atoms with Crippen molar-refractivity contribution in [1.29, 1.82) is 0 Å². The fourth-order valence-corrected chi connectivity index (χ4v) is 12.7. The number of aryl methyl sites for hydroxylation is 1. The zero-order valence-corrected chi connectivity index (χ0v) is 46.2. The minimum absolute atomic E-state index is 0.0148. The summed E-state index contributed by atoms with van der Waals surface area (Å²) in [4.78, 5) is 78.8. The second-order valence-electron chi connectivity index (χ2n) is 19.7. The van der Waals surface area contributed by atoms with Gasteiger partial charge < -0.3 is 48.4 Å². The normalized spacial score (nSPS) is 21.4. The number of esters is 1. The van der Waals surface area contributed by atoms with E-state index in [9.17, 15) is 28.2 Å². The number of ketones is 1. The maximum Gasteiger partial charge on any atom is 0.355 e. The Balaban J connectivity index is 0.895. The monoisotopic (exact) mass is 1120 g/mol.